The van der Waals surface area contributed by atoms with Gasteiger partial charge in [-0.25, -0.2) is 4.98 Å². The molecular formula is C22H29N3O2. The summed E-state index contributed by atoms with van der Waals surface area (Å²) in [5.74, 6) is 1.05. The van der Waals surface area contributed by atoms with Crippen molar-refractivity contribution in [3.8, 4) is 11.4 Å². The Morgan fingerprint density at radius 2 is 1.96 bits per heavy atom. The lowest BCUT2D eigenvalue weighted by Gasteiger charge is -2.30. The standard InChI is InChI=1S/C22H29N3O2/c1-15(13-22(2,3)4)12-19(26)25-11-10-18-17(14-25)21(27)24-20(23-18)16-8-6-5-7-9-16/h5-9,15H,10-14H2,1-4H3,(H,23,24,27)/t15-/m0/s1. The van der Waals surface area contributed by atoms with Crippen LogP contribution in [0.3, 0.4) is 0 Å². The molecule has 0 radical (unpaired) electrons. The molecule has 0 bridgehead atoms. The van der Waals surface area contributed by atoms with Gasteiger partial charge in [0.1, 0.15) is 5.82 Å². The van der Waals surface area contributed by atoms with E-state index in [1.54, 1.807) is 4.90 Å². The van der Waals surface area contributed by atoms with Crippen molar-refractivity contribution in [3.05, 3.63) is 51.9 Å². The van der Waals surface area contributed by atoms with Gasteiger partial charge in [0.2, 0.25) is 5.91 Å². The molecule has 1 atom stereocenters. The van der Waals surface area contributed by atoms with Crippen LogP contribution in [0.5, 0.6) is 0 Å². The van der Waals surface area contributed by atoms with Gasteiger partial charge < -0.3 is 9.88 Å². The minimum Gasteiger partial charge on any atom is -0.338 e. The SMILES string of the molecule is C[C@@H](CC(=O)N1CCc2nc(-c3ccccc3)[nH]c(=O)c2C1)CC(C)(C)C. The van der Waals surface area contributed by atoms with E-state index in [4.69, 9.17) is 0 Å². The highest BCUT2D eigenvalue weighted by Crippen LogP contribution is 2.27. The van der Waals surface area contributed by atoms with Crippen LogP contribution in [0.15, 0.2) is 35.1 Å². The zero-order valence-electron chi connectivity index (χ0n) is 16.7. The highest BCUT2D eigenvalue weighted by Gasteiger charge is 2.26. The molecule has 3 rings (SSSR count). The highest BCUT2D eigenvalue weighted by atomic mass is 16.2. The zero-order valence-corrected chi connectivity index (χ0v) is 16.7. The molecule has 1 N–H and O–H groups in total. The number of rotatable bonds is 4. The number of fused-ring (bicyclic) bond motifs is 1. The Labute approximate surface area is 160 Å². The van der Waals surface area contributed by atoms with Crippen molar-refractivity contribution in [2.45, 2.75) is 53.5 Å². The van der Waals surface area contributed by atoms with E-state index in [2.05, 4.69) is 37.7 Å². The predicted octanol–water partition coefficient (Wildman–Crippen LogP) is 3.78. The summed E-state index contributed by atoms with van der Waals surface area (Å²) in [5, 5.41) is 0. The van der Waals surface area contributed by atoms with Crippen molar-refractivity contribution < 1.29 is 4.79 Å². The fourth-order valence-corrected chi connectivity index (χ4v) is 3.92. The Morgan fingerprint density at radius 1 is 1.26 bits per heavy atom. The van der Waals surface area contributed by atoms with Crippen molar-refractivity contribution in [1.29, 1.82) is 0 Å². The zero-order chi connectivity index (χ0) is 19.6. The van der Waals surface area contributed by atoms with Crippen LogP contribution in [0.4, 0.5) is 0 Å². The van der Waals surface area contributed by atoms with Gasteiger partial charge in [-0.3, -0.25) is 9.59 Å². The largest absolute Gasteiger partial charge is 0.338 e. The second kappa shape index (κ2) is 7.67. The maximum Gasteiger partial charge on any atom is 0.256 e. The van der Waals surface area contributed by atoms with E-state index >= 15 is 0 Å². The Kier molecular flexibility index (Phi) is 5.49. The number of hydrogen-bond acceptors (Lipinski definition) is 3. The van der Waals surface area contributed by atoms with Gasteiger partial charge in [0.15, 0.2) is 0 Å². The summed E-state index contributed by atoms with van der Waals surface area (Å²) < 4.78 is 0. The highest BCUT2D eigenvalue weighted by molar-refractivity contribution is 5.76. The molecule has 0 fully saturated rings. The second-order valence-corrected chi connectivity index (χ2v) is 8.85. The van der Waals surface area contributed by atoms with Gasteiger partial charge in [0.25, 0.3) is 5.56 Å². The van der Waals surface area contributed by atoms with Gasteiger partial charge >= 0.3 is 0 Å². The molecule has 2 aromatic rings. The Morgan fingerprint density at radius 3 is 2.63 bits per heavy atom. The topological polar surface area (TPSA) is 66.1 Å². The molecule has 1 aliphatic heterocycles. The summed E-state index contributed by atoms with van der Waals surface area (Å²) in [6.07, 6.45) is 2.16. The van der Waals surface area contributed by atoms with Crippen molar-refractivity contribution in [1.82, 2.24) is 14.9 Å². The van der Waals surface area contributed by atoms with E-state index in [0.717, 1.165) is 17.7 Å². The molecular weight excluding hydrogens is 338 g/mol. The second-order valence-electron chi connectivity index (χ2n) is 8.85. The number of nitrogens with one attached hydrogen (secondary N) is 1. The van der Waals surface area contributed by atoms with Gasteiger partial charge in [-0.2, -0.15) is 0 Å². The quantitative estimate of drug-likeness (QED) is 0.894. The predicted molar refractivity (Wildman–Crippen MR) is 107 cm³/mol. The third-order valence-electron chi connectivity index (χ3n) is 4.95. The summed E-state index contributed by atoms with van der Waals surface area (Å²) >= 11 is 0. The normalized spacial score (nSPS) is 15.3. The summed E-state index contributed by atoms with van der Waals surface area (Å²) in [5.41, 5.74) is 2.40. The lowest BCUT2D eigenvalue weighted by atomic mass is 9.84. The fraction of sp³-hybridized carbons (Fsp3) is 0.500. The van der Waals surface area contributed by atoms with E-state index < -0.39 is 0 Å². The summed E-state index contributed by atoms with van der Waals surface area (Å²) in [4.78, 5) is 34.6. The number of aromatic amines is 1. The van der Waals surface area contributed by atoms with Crippen LogP contribution in [-0.2, 0) is 17.8 Å². The summed E-state index contributed by atoms with van der Waals surface area (Å²) in [7, 11) is 0. The molecule has 1 aliphatic rings. The number of carbonyl (C=O) groups excluding carboxylic acids is 1. The molecule has 0 unspecified atom stereocenters. The molecule has 1 aromatic carbocycles. The van der Waals surface area contributed by atoms with E-state index in [0.29, 0.717) is 43.2 Å². The van der Waals surface area contributed by atoms with E-state index in [9.17, 15) is 9.59 Å². The third kappa shape index (κ3) is 4.85. The summed E-state index contributed by atoms with van der Waals surface area (Å²) in [6.45, 7) is 9.69. The maximum absolute atomic E-state index is 12.7. The number of hydrogen-bond donors (Lipinski definition) is 1. The maximum atomic E-state index is 12.7. The Bertz CT molecular complexity index is 865. The van der Waals surface area contributed by atoms with Gasteiger partial charge in [0.05, 0.1) is 17.8 Å². The first-order chi connectivity index (χ1) is 12.7. The molecule has 0 aliphatic carbocycles. The first-order valence-corrected chi connectivity index (χ1v) is 9.68. The minimum absolute atomic E-state index is 0.129. The van der Waals surface area contributed by atoms with E-state index in [1.165, 1.54) is 0 Å². The monoisotopic (exact) mass is 367 g/mol. The van der Waals surface area contributed by atoms with Gasteiger partial charge in [-0.1, -0.05) is 58.0 Å². The van der Waals surface area contributed by atoms with Crippen LogP contribution in [0, 0.1) is 11.3 Å². The molecule has 5 heteroatoms. The van der Waals surface area contributed by atoms with Gasteiger partial charge in [-0.15, -0.1) is 0 Å². The first kappa shape index (κ1) is 19.3. The van der Waals surface area contributed by atoms with Gasteiger partial charge in [0, 0.05) is 24.9 Å². The smallest absolute Gasteiger partial charge is 0.256 e. The van der Waals surface area contributed by atoms with Gasteiger partial charge in [-0.05, 0) is 17.8 Å². The molecule has 0 saturated heterocycles. The molecule has 144 valence electrons. The first-order valence-electron chi connectivity index (χ1n) is 9.68. The number of benzene rings is 1. The third-order valence-corrected chi connectivity index (χ3v) is 4.95. The van der Waals surface area contributed by atoms with Crippen LogP contribution in [0.25, 0.3) is 11.4 Å². The minimum atomic E-state index is -0.140. The Hall–Kier alpha value is -2.43. The van der Waals surface area contributed by atoms with Crippen molar-refractivity contribution in [2.75, 3.05) is 6.54 Å². The Balaban J connectivity index is 1.73. The molecule has 1 amide bonds. The summed E-state index contributed by atoms with van der Waals surface area (Å²) in [6, 6.07) is 9.64. The lowest BCUT2D eigenvalue weighted by Crippen LogP contribution is -2.40. The molecule has 5 nitrogen and oxygen atoms in total. The lowest BCUT2D eigenvalue weighted by molar-refractivity contribution is -0.133. The van der Waals surface area contributed by atoms with Crippen molar-refractivity contribution in [3.63, 3.8) is 0 Å². The number of amides is 1. The average Bonchev–Trinajstić information content (AvgIpc) is 2.60. The number of nitrogens with zero attached hydrogens (tertiary/aromatic N) is 2. The number of carbonyl (C=O) groups is 1. The molecule has 0 spiro atoms. The van der Waals surface area contributed by atoms with Crippen LogP contribution < -0.4 is 5.56 Å². The van der Waals surface area contributed by atoms with Crippen LogP contribution in [0.2, 0.25) is 0 Å². The number of H-pyrrole nitrogens is 1. The molecule has 0 saturated carbocycles. The van der Waals surface area contributed by atoms with E-state index in [-0.39, 0.29) is 16.9 Å². The van der Waals surface area contributed by atoms with Crippen LogP contribution in [-0.4, -0.2) is 27.3 Å². The molecule has 2 heterocycles. The van der Waals surface area contributed by atoms with Crippen molar-refractivity contribution >= 4 is 5.91 Å². The van der Waals surface area contributed by atoms with Crippen molar-refractivity contribution in [2.24, 2.45) is 11.3 Å². The van der Waals surface area contributed by atoms with E-state index in [1.807, 2.05) is 30.3 Å². The average molecular weight is 367 g/mol. The molecule has 27 heavy (non-hydrogen) atoms. The number of aromatic nitrogens is 2. The van der Waals surface area contributed by atoms with Crippen LogP contribution in [0.1, 0.15) is 51.8 Å². The van der Waals surface area contributed by atoms with Crippen LogP contribution >= 0.6 is 0 Å². The fourth-order valence-electron chi connectivity index (χ4n) is 3.92. The molecule has 1 aromatic heterocycles.